The first-order valence-corrected chi connectivity index (χ1v) is 6.63. The molecule has 2 N–H and O–H groups in total. The predicted octanol–water partition coefficient (Wildman–Crippen LogP) is 2.12. The van der Waals surface area contributed by atoms with Crippen molar-refractivity contribution in [3.8, 4) is 11.5 Å². The quantitative estimate of drug-likeness (QED) is 0.808. The monoisotopic (exact) mass is 258 g/mol. The third-order valence-corrected chi connectivity index (χ3v) is 3.19. The molecule has 0 radical (unpaired) electrons. The molecule has 1 aliphatic rings. The zero-order valence-electron chi connectivity index (χ0n) is 10.8. The lowest BCUT2D eigenvalue weighted by atomic mass is 10.1. The summed E-state index contributed by atoms with van der Waals surface area (Å²) in [5, 5.41) is 3.42. The second kappa shape index (κ2) is 5.80. The van der Waals surface area contributed by atoms with Crippen molar-refractivity contribution in [2.75, 3.05) is 19.8 Å². The van der Waals surface area contributed by atoms with Gasteiger partial charge in [0.25, 0.3) is 0 Å². The van der Waals surface area contributed by atoms with E-state index >= 15 is 0 Å². The number of aromatic nitrogens is 1. The molecule has 2 heterocycles. The fourth-order valence-electron chi connectivity index (χ4n) is 2.18. The SMILES string of the molecule is c1cc(CNCCc2ccc3c(c2)OCCO3)c[nH]1. The third kappa shape index (κ3) is 3.09. The van der Waals surface area contributed by atoms with Crippen LogP contribution in [0.3, 0.4) is 0 Å². The molecule has 19 heavy (non-hydrogen) atoms. The molecule has 0 aliphatic carbocycles. The van der Waals surface area contributed by atoms with Gasteiger partial charge in [0.05, 0.1) is 0 Å². The van der Waals surface area contributed by atoms with Crippen LogP contribution in [0.25, 0.3) is 0 Å². The summed E-state index contributed by atoms with van der Waals surface area (Å²) in [5.74, 6) is 1.73. The number of aromatic amines is 1. The number of benzene rings is 1. The number of fused-ring (bicyclic) bond motifs is 1. The predicted molar refractivity (Wildman–Crippen MR) is 73.6 cm³/mol. The molecule has 0 bridgehead atoms. The highest BCUT2D eigenvalue weighted by Crippen LogP contribution is 2.30. The first-order chi connectivity index (χ1) is 9.42. The van der Waals surface area contributed by atoms with E-state index in [2.05, 4.69) is 28.5 Å². The molecule has 0 saturated carbocycles. The molecule has 1 aromatic carbocycles. The Morgan fingerprint density at radius 1 is 1.05 bits per heavy atom. The van der Waals surface area contributed by atoms with Gasteiger partial charge in [-0.1, -0.05) is 6.07 Å². The summed E-state index contributed by atoms with van der Waals surface area (Å²) in [6.45, 7) is 3.13. The summed E-state index contributed by atoms with van der Waals surface area (Å²) in [6, 6.07) is 8.25. The molecule has 2 aromatic rings. The fourth-order valence-corrected chi connectivity index (χ4v) is 2.18. The van der Waals surface area contributed by atoms with Crippen molar-refractivity contribution in [1.29, 1.82) is 0 Å². The third-order valence-electron chi connectivity index (χ3n) is 3.19. The highest BCUT2D eigenvalue weighted by atomic mass is 16.6. The van der Waals surface area contributed by atoms with E-state index < -0.39 is 0 Å². The van der Waals surface area contributed by atoms with Crippen LogP contribution in [0.1, 0.15) is 11.1 Å². The largest absolute Gasteiger partial charge is 0.486 e. The second-order valence-electron chi connectivity index (χ2n) is 4.62. The van der Waals surface area contributed by atoms with Gasteiger partial charge in [0.1, 0.15) is 13.2 Å². The minimum Gasteiger partial charge on any atom is -0.486 e. The van der Waals surface area contributed by atoms with Crippen LogP contribution < -0.4 is 14.8 Å². The molecule has 0 atom stereocenters. The van der Waals surface area contributed by atoms with Gasteiger partial charge in [0, 0.05) is 18.9 Å². The summed E-state index contributed by atoms with van der Waals surface area (Å²) >= 11 is 0. The Labute approximate surface area is 112 Å². The number of hydrogen-bond donors (Lipinski definition) is 2. The van der Waals surface area contributed by atoms with Gasteiger partial charge in [-0.3, -0.25) is 0 Å². The molecule has 1 aliphatic heterocycles. The van der Waals surface area contributed by atoms with Crippen molar-refractivity contribution in [2.45, 2.75) is 13.0 Å². The molecule has 0 saturated heterocycles. The van der Waals surface area contributed by atoms with E-state index in [1.165, 1.54) is 11.1 Å². The van der Waals surface area contributed by atoms with Crippen molar-refractivity contribution in [3.63, 3.8) is 0 Å². The maximum absolute atomic E-state index is 5.58. The van der Waals surface area contributed by atoms with Gasteiger partial charge in [-0.2, -0.15) is 0 Å². The molecular formula is C15H18N2O2. The zero-order valence-corrected chi connectivity index (χ0v) is 10.8. The molecule has 0 fully saturated rings. The van der Waals surface area contributed by atoms with Crippen LogP contribution in [0.2, 0.25) is 0 Å². The maximum Gasteiger partial charge on any atom is 0.161 e. The van der Waals surface area contributed by atoms with Crippen LogP contribution in [0.5, 0.6) is 11.5 Å². The summed E-state index contributed by atoms with van der Waals surface area (Å²) in [6.07, 6.45) is 4.94. The minimum absolute atomic E-state index is 0.641. The van der Waals surface area contributed by atoms with E-state index in [9.17, 15) is 0 Å². The first kappa shape index (κ1) is 12.1. The molecule has 0 amide bonds. The van der Waals surface area contributed by atoms with Gasteiger partial charge in [-0.15, -0.1) is 0 Å². The van der Waals surface area contributed by atoms with Gasteiger partial charge in [-0.05, 0) is 42.3 Å². The lowest BCUT2D eigenvalue weighted by Crippen LogP contribution is -2.17. The highest BCUT2D eigenvalue weighted by Gasteiger charge is 2.11. The van der Waals surface area contributed by atoms with Crippen molar-refractivity contribution >= 4 is 0 Å². The Morgan fingerprint density at radius 2 is 1.95 bits per heavy atom. The summed E-state index contributed by atoms with van der Waals surface area (Å²) in [5.41, 5.74) is 2.55. The Kier molecular flexibility index (Phi) is 3.70. The molecule has 0 spiro atoms. The molecular weight excluding hydrogens is 240 g/mol. The standard InChI is InChI=1S/C15H18N2O2/c1-2-14-15(19-8-7-18-14)9-12(1)3-5-16-10-13-4-6-17-11-13/h1-2,4,6,9,11,16-17H,3,5,7-8,10H2. The van der Waals surface area contributed by atoms with Crippen LogP contribution in [0, 0.1) is 0 Å². The van der Waals surface area contributed by atoms with E-state index in [0.29, 0.717) is 13.2 Å². The number of H-pyrrole nitrogens is 1. The average Bonchev–Trinajstić information content (AvgIpc) is 2.97. The van der Waals surface area contributed by atoms with E-state index in [4.69, 9.17) is 9.47 Å². The Balaban J connectivity index is 1.50. The maximum atomic E-state index is 5.58. The van der Waals surface area contributed by atoms with Gasteiger partial charge >= 0.3 is 0 Å². The van der Waals surface area contributed by atoms with Gasteiger partial charge < -0.3 is 19.8 Å². The number of nitrogens with one attached hydrogen (secondary N) is 2. The van der Waals surface area contributed by atoms with Gasteiger partial charge in [0.2, 0.25) is 0 Å². The first-order valence-electron chi connectivity index (χ1n) is 6.63. The number of rotatable bonds is 5. The van der Waals surface area contributed by atoms with E-state index in [-0.39, 0.29) is 0 Å². The highest BCUT2D eigenvalue weighted by molar-refractivity contribution is 5.43. The van der Waals surface area contributed by atoms with Crippen LogP contribution in [-0.4, -0.2) is 24.7 Å². The number of ether oxygens (including phenoxy) is 2. The molecule has 4 heteroatoms. The minimum atomic E-state index is 0.641. The molecule has 4 nitrogen and oxygen atoms in total. The van der Waals surface area contributed by atoms with E-state index in [0.717, 1.165) is 31.0 Å². The second-order valence-corrected chi connectivity index (χ2v) is 4.62. The fraction of sp³-hybridized carbons (Fsp3) is 0.333. The van der Waals surface area contributed by atoms with Crippen molar-refractivity contribution in [3.05, 3.63) is 47.8 Å². The lowest BCUT2D eigenvalue weighted by Gasteiger charge is -2.18. The molecule has 0 unspecified atom stereocenters. The van der Waals surface area contributed by atoms with Crippen molar-refractivity contribution in [1.82, 2.24) is 10.3 Å². The van der Waals surface area contributed by atoms with Crippen LogP contribution in [-0.2, 0) is 13.0 Å². The van der Waals surface area contributed by atoms with Crippen LogP contribution >= 0.6 is 0 Å². The smallest absolute Gasteiger partial charge is 0.161 e. The molecule has 100 valence electrons. The van der Waals surface area contributed by atoms with Gasteiger partial charge in [-0.25, -0.2) is 0 Å². The normalized spacial score (nSPS) is 13.5. The Bertz CT molecular complexity index is 523. The summed E-state index contributed by atoms with van der Waals surface area (Å²) in [4.78, 5) is 3.05. The average molecular weight is 258 g/mol. The van der Waals surface area contributed by atoms with Crippen molar-refractivity contribution < 1.29 is 9.47 Å². The Hall–Kier alpha value is -1.94. The van der Waals surface area contributed by atoms with E-state index in [1.807, 2.05) is 18.5 Å². The summed E-state index contributed by atoms with van der Waals surface area (Å²) < 4.78 is 11.1. The van der Waals surface area contributed by atoms with Gasteiger partial charge in [0.15, 0.2) is 11.5 Å². The van der Waals surface area contributed by atoms with Crippen LogP contribution in [0.4, 0.5) is 0 Å². The Morgan fingerprint density at radius 3 is 2.79 bits per heavy atom. The number of hydrogen-bond acceptors (Lipinski definition) is 3. The lowest BCUT2D eigenvalue weighted by molar-refractivity contribution is 0.171. The summed E-state index contributed by atoms with van der Waals surface area (Å²) in [7, 11) is 0. The van der Waals surface area contributed by atoms with E-state index in [1.54, 1.807) is 0 Å². The molecule has 1 aromatic heterocycles. The topological polar surface area (TPSA) is 46.3 Å². The van der Waals surface area contributed by atoms with Crippen LogP contribution in [0.15, 0.2) is 36.7 Å². The zero-order chi connectivity index (χ0) is 12.9. The molecule has 3 rings (SSSR count). The van der Waals surface area contributed by atoms with Crippen molar-refractivity contribution in [2.24, 2.45) is 0 Å².